The molecule has 3 unspecified atom stereocenters. The van der Waals surface area contributed by atoms with Gasteiger partial charge >= 0.3 is 0 Å². The van der Waals surface area contributed by atoms with E-state index in [4.69, 9.17) is 15.2 Å². The van der Waals surface area contributed by atoms with Crippen molar-refractivity contribution in [2.75, 3.05) is 37.4 Å². The summed E-state index contributed by atoms with van der Waals surface area (Å²) in [5, 5.41) is 9.85. The Hall–Kier alpha value is -2.13. The molecule has 8 heteroatoms. The van der Waals surface area contributed by atoms with Gasteiger partial charge in [-0.2, -0.15) is 0 Å². The molecular weight excluding hydrogens is 428 g/mol. The van der Waals surface area contributed by atoms with E-state index in [2.05, 4.69) is 6.92 Å². The third kappa shape index (κ3) is 6.93. The number of hydrogen-bond acceptors (Lipinski definition) is 6. The Morgan fingerprint density at radius 3 is 2.47 bits per heavy atom. The van der Waals surface area contributed by atoms with Gasteiger partial charge in [-0.05, 0) is 47.9 Å². The van der Waals surface area contributed by atoms with Gasteiger partial charge < -0.3 is 20.3 Å². The number of sulfonamides is 1. The van der Waals surface area contributed by atoms with Crippen molar-refractivity contribution < 1.29 is 23.0 Å². The summed E-state index contributed by atoms with van der Waals surface area (Å²) >= 11 is 0. The minimum Gasteiger partial charge on any atom is -0.493 e. The summed E-state index contributed by atoms with van der Waals surface area (Å²) in [6, 6.07) is 15.1. The van der Waals surface area contributed by atoms with Crippen LogP contribution in [0.5, 0.6) is 5.75 Å². The van der Waals surface area contributed by atoms with Crippen LogP contribution in [-0.4, -0.2) is 52.2 Å². The number of aliphatic hydroxyl groups is 1. The predicted octanol–water partition coefficient (Wildman–Crippen LogP) is 2.57. The Balaban J connectivity index is 1.69. The van der Waals surface area contributed by atoms with Crippen molar-refractivity contribution in [3.63, 3.8) is 0 Å². The highest BCUT2D eigenvalue weighted by Gasteiger charge is 2.33. The van der Waals surface area contributed by atoms with Crippen LogP contribution in [0.1, 0.15) is 24.5 Å². The Bertz CT molecular complexity index is 999. The highest BCUT2D eigenvalue weighted by atomic mass is 32.2. The van der Waals surface area contributed by atoms with E-state index in [1.807, 2.05) is 36.4 Å². The summed E-state index contributed by atoms with van der Waals surface area (Å²) in [5.74, 6) is 1.83. The monoisotopic (exact) mass is 462 g/mol. The Morgan fingerprint density at radius 1 is 1.19 bits per heavy atom. The molecule has 0 spiro atoms. The first-order valence-corrected chi connectivity index (χ1v) is 12.7. The number of nitrogens with zero attached hydrogens (tertiary/aromatic N) is 1. The summed E-state index contributed by atoms with van der Waals surface area (Å²) in [4.78, 5) is 0. The number of rotatable bonds is 12. The number of nitrogens with two attached hydrogens (primary N) is 1. The largest absolute Gasteiger partial charge is 0.493 e. The predicted molar refractivity (Wildman–Crippen MR) is 126 cm³/mol. The quantitative estimate of drug-likeness (QED) is 0.503. The van der Waals surface area contributed by atoms with Crippen LogP contribution in [0, 0.1) is 11.8 Å². The molecule has 7 nitrogen and oxygen atoms in total. The van der Waals surface area contributed by atoms with E-state index in [0.29, 0.717) is 36.3 Å². The third-order valence-electron chi connectivity index (χ3n) is 5.92. The van der Waals surface area contributed by atoms with Gasteiger partial charge in [0.15, 0.2) is 0 Å². The van der Waals surface area contributed by atoms with Gasteiger partial charge in [-0.15, -0.1) is 0 Å². The third-order valence-corrected chi connectivity index (χ3v) is 7.13. The van der Waals surface area contributed by atoms with Gasteiger partial charge in [0.1, 0.15) is 5.75 Å². The molecule has 3 atom stereocenters. The van der Waals surface area contributed by atoms with Crippen molar-refractivity contribution in [3.8, 4) is 5.75 Å². The standard InChI is InChI=1S/C24H34N2O5S/c1-18-9-21(18)15-31-23-11-20(10-22(12-23)26(2)32(3,28)29)14-30-17-24(25,16-27)13-19-7-5-4-6-8-19/h4-8,10-12,18,21,27H,9,13-17,25H2,1-3H3. The molecule has 2 aromatic carbocycles. The molecule has 1 saturated carbocycles. The van der Waals surface area contributed by atoms with Crippen molar-refractivity contribution in [2.24, 2.45) is 17.6 Å². The van der Waals surface area contributed by atoms with E-state index >= 15 is 0 Å². The van der Waals surface area contributed by atoms with Gasteiger partial charge in [-0.25, -0.2) is 8.42 Å². The van der Waals surface area contributed by atoms with Crippen LogP contribution >= 0.6 is 0 Å². The average Bonchev–Trinajstić information content (AvgIpc) is 3.46. The van der Waals surface area contributed by atoms with E-state index in [9.17, 15) is 13.5 Å². The Labute approximate surface area is 191 Å². The highest BCUT2D eigenvalue weighted by Crippen LogP contribution is 2.38. The van der Waals surface area contributed by atoms with Crippen LogP contribution in [0.25, 0.3) is 0 Å². The Morgan fingerprint density at radius 2 is 1.88 bits per heavy atom. The summed E-state index contributed by atoms with van der Waals surface area (Å²) in [5.41, 5.74) is 7.77. The average molecular weight is 463 g/mol. The lowest BCUT2D eigenvalue weighted by Gasteiger charge is -2.27. The SMILES string of the molecule is CC1CC1COc1cc(COCC(N)(CO)Cc2ccccc2)cc(N(C)S(C)(=O)=O)c1. The van der Waals surface area contributed by atoms with Crippen LogP contribution in [0.15, 0.2) is 48.5 Å². The second-order valence-electron chi connectivity index (χ2n) is 9.03. The molecule has 0 heterocycles. The number of aliphatic hydroxyl groups excluding tert-OH is 1. The molecule has 0 aromatic heterocycles. The van der Waals surface area contributed by atoms with Gasteiger partial charge in [-0.1, -0.05) is 37.3 Å². The molecule has 32 heavy (non-hydrogen) atoms. The second kappa shape index (κ2) is 10.2. The first kappa shape index (κ1) is 24.5. The van der Waals surface area contributed by atoms with Crippen molar-refractivity contribution in [3.05, 3.63) is 59.7 Å². The minimum atomic E-state index is -3.42. The number of ether oxygens (including phenoxy) is 2. The van der Waals surface area contributed by atoms with Gasteiger partial charge in [0.25, 0.3) is 0 Å². The molecule has 0 saturated heterocycles. The number of benzene rings is 2. The smallest absolute Gasteiger partial charge is 0.231 e. The van der Waals surface area contributed by atoms with Crippen molar-refractivity contribution in [1.82, 2.24) is 0 Å². The molecular formula is C24H34N2O5S. The van der Waals surface area contributed by atoms with Crippen LogP contribution in [-0.2, 0) is 27.8 Å². The highest BCUT2D eigenvalue weighted by molar-refractivity contribution is 7.92. The lowest BCUT2D eigenvalue weighted by molar-refractivity contribution is 0.0457. The van der Waals surface area contributed by atoms with Gasteiger partial charge in [0, 0.05) is 13.1 Å². The van der Waals surface area contributed by atoms with E-state index in [-0.39, 0.29) is 19.8 Å². The first-order chi connectivity index (χ1) is 15.1. The lowest BCUT2D eigenvalue weighted by atomic mass is 9.93. The Kier molecular flexibility index (Phi) is 7.82. The van der Waals surface area contributed by atoms with Crippen molar-refractivity contribution in [2.45, 2.75) is 31.9 Å². The molecule has 3 rings (SSSR count). The van der Waals surface area contributed by atoms with Crippen LogP contribution < -0.4 is 14.8 Å². The molecule has 0 aliphatic heterocycles. The van der Waals surface area contributed by atoms with Gasteiger partial charge in [0.05, 0.1) is 43.9 Å². The molecule has 0 radical (unpaired) electrons. The fraction of sp³-hybridized carbons (Fsp3) is 0.500. The normalized spacial score (nSPS) is 19.9. The lowest BCUT2D eigenvalue weighted by Crippen LogP contribution is -2.50. The second-order valence-corrected chi connectivity index (χ2v) is 11.0. The molecule has 1 aliphatic rings. The maximum absolute atomic E-state index is 12.0. The zero-order valence-corrected chi connectivity index (χ0v) is 19.8. The molecule has 0 bridgehead atoms. The molecule has 1 aliphatic carbocycles. The number of hydrogen-bond donors (Lipinski definition) is 2. The zero-order chi connectivity index (χ0) is 23.4. The maximum Gasteiger partial charge on any atom is 0.231 e. The number of anilines is 1. The van der Waals surface area contributed by atoms with E-state index in [1.165, 1.54) is 11.4 Å². The summed E-state index contributed by atoms with van der Waals surface area (Å²) in [6.07, 6.45) is 2.80. The summed E-state index contributed by atoms with van der Waals surface area (Å²) in [7, 11) is -1.90. The molecule has 3 N–H and O–H groups in total. The molecule has 0 amide bonds. The van der Waals surface area contributed by atoms with Crippen molar-refractivity contribution >= 4 is 15.7 Å². The fourth-order valence-corrected chi connectivity index (χ4v) is 4.03. The molecule has 2 aromatic rings. The van der Waals surface area contributed by atoms with Gasteiger partial charge in [0.2, 0.25) is 10.0 Å². The van der Waals surface area contributed by atoms with Crippen molar-refractivity contribution in [1.29, 1.82) is 0 Å². The zero-order valence-electron chi connectivity index (χ0n) is 19.0. The van der Waals surface area contributed by atoms with Crippen LogP contribution in [0.2, 0.25) is 0 Å². The minimum absolute atomic E-state index is 0.153. The molecule has 176 valence electrons. The van der Waals surface area contributed by atoms with E-state index in [0.717, 1.165) is 23.8 Å². The molecule has 1 fully saturated rings. The summed E-state index contributed by atoms with van der Waals surface area (Å²) in [6.45, 7) is 2.96. The van der Waals surface area contributed by atoms with Crippen LogP contribution in [0.3, 0.4) is 0 Å². The van der Waals surface area contributed by atoms with E-state index < -0.39 is 15.6 Å². The van der Waals surface area contributed by atoms with E-state index in [1.54, 1.807) is 12.1 Å². The topological polar surface area (TPSA) is 102 Å². The van der Waals surface area contributed by atoms with Gasteiger partial charge in [-0.3, -0.25) is 4.31 Å². The fourth-order valence-electron chi connectivity index (χ4n) is 3.55. The maximum atomic E-state index is 12.0. The first-order valence-electron chi connectivity index (χ1n) is 10.8. The van der Waals surface area contributed by atoms with Crippen LogP contribution in [0.4, 0.5) is 5.69 Å². The summed E-state index contributed by atoms with van der Waals surface area (Å²) < 4.78 is 37.1.